The van der Waals surface area contributed by atoms with Gasteiger partial charge in [-0.25, -0.2) is 18.1 Å². The Kier molecular flexibility index (Phi) is 6.74. The largest absolute Gasteiger partial charge is 0.501 e. The molecule has 1 N–H and O–H groups in total. The number of urea groups is 1. The first-order valence-electron chi connectivity index (χ1n) is 10.7. The van der Waals surface area contributed by atoms with Crippen LogP contribution in [0.3, 0.4) is 0 Å². The maximum Gasteiger partial charge on any atom is 0.501 e. The first kappa shape index (κ1) is 25.8. The lowest BCUT2D eigenvalue weighted by atomic mass is 10.1. The van der Waals surface area contributed by atoms with Crippen molar-refractivity contribution in [2.24, 2.45) is 0 Å². The number of nitrogens with one attached hydrogen (secondary N) is 1. The van der Waals surface area contributed by atoms with Crippen LogP contribution in [0.25, 0.3) is 0 Å². The highest BCUT2D eigenvalue weighted by molar-refractivity contribution is 7.92. The highest BCUT2D eigenvalue weighted by atomic mass is 32.2. The van der Waals surface area contributed by atoms with Crippen molar-refractivity contribution in [1.29, 1.82) is 0 Å². The molecule has 4 amide bonds. The molecular weight excluding hydrogens is 513 g/mol. The van der Waals surface area contributed by atoms with Gasteiger partial charge in [-0.1, -0.05) is 17.7 Å². The van der Waals surface area contributed by atoms with Crippen LogP contribution in [0.15, 0.2) is 71.9 Å². The van der Waals surface area contributed by atoms with Gasteiger partial charge in [-0.2, -0.15) is 13.2 Å². The van der Waals surface area contributed by atoms with E-state index in [9.17, 15) is 36.0 Å². The topological polar surface area (TPSA) is 117 Å². The Morgan fingerprint density at radius 1 is 1.03 bits per heavy atom. The van der Waals surface area contributed by atoms with Crippen molar-refractivity contribution >= 4 is 39.1 Å². The van der Waals surface area contributed by atoms with E-state index < -0.39 is 38.1 Å². The number of nitrogens with zero attached hydrogens (tertiary/aromatic N) is 3. The Hall–Kier alpha value is -4.26. The van der Waals surface area contributed by atoms with Crippen LogP contribution in [-0.4, -0.2) is 48.2 Å². The van der Waals surface area contributed by atoms with Crippen molar-refractivity contribution < 1.29 is 36.0 Å². The van der Waals surface area contributed by atoms with Crippen LogP contribution in [0.1, 0.15) is 21.5 Å². The number of hydrogen-bond donors (Lipinski definition) is 1. The number of pyridine rings is 1. The van der Waals surface area contributed by atoms with E-state index in [1.54, 1.807) is 12.1 Å². The summed E-state index contributed by atoms with van der Waals surface area (Å²) in [5.74, 6) is -1.14. The predicted octanol–water partition coefficient (Wildman–Crippen LogP) is 3.90. The maximum atomic E-state index is 13.0. The van der Waals surface area contributed by atoms with Gasteiger partial charge in [-0.05, 0) is 55.0 Å². The SMILES string of the molecule is Cc1ccc(NC(=O)c2cnccc2CN2CC(=O)N(c3ccc(S(=O)(=O)C(F)(F)F)cc3)C2=O)cc1. The Labute approximate surface area is 209 Å². The van der Waals surface area contributed by atoms with Crippen LogP contribution >= 0.6 is 0 Å². The molecule has 1 aliphatic heterocycles. The third-order valence-electron chi connectivity index (χ3n) is 5.57. The number of aromatic nitrogens is 1. The predicted molar refractivity (Wildman–Crippen MR) is 126 cm³/mol. The van der Waals surface area contributed by atoms with Gasteiger partial charge >= 0.3 is 11.5 Å². The van der Waals surface area contributed by atoms with E-state index in [1.165, 1.54) is 18.5 Å². The van der Waals surface area contributed by atoms with Crippen molar-refractivity contribution in [2.45, 2.75) is 23.9 Å². The average Bonchev–Trinajstić information content (AvgIpc) is 3.12. The van der Waals surface area contributed by atoms with Gasteiger partial charge in [0.15, 0.2) is 0 Å². The van der Waals surface area contributed by atoms with E-state index in [-0.39, 0.29) is 24.3 Å². The van der Waals surface area contributed by atoms with Crippen molar-refractivity contribution in [3.05, 3.63) is 83.7 Å². The number of carbonyl (C=O) groups excluding carboxylic acids is 3. The number of hydrogen-bond acceptors (Lipinski definition) is 6. The van der Waals surface area contributed by atoms with Gasteiger partial charge in [-0.3, -0.25) is 14.6 Å². The molecule has 192 valence electrons. The first-order chi connectivity index (χ1) is 17.4. The van der Waals surface area contributed by atoms with Gasteiger partial charge in [0.2, 0.25) is 0 Å². The highest BCUT2D eigenvalue weighted by Crippen LogP contribution is 2.32. The van der Waals surface area contributed by atoms with Crippen molar-refractivity contribution in [3.63, 3.8) is 0 Å². The lowest BCUT2D eigenvalue weighted by molar-refractivity contribution is -0.116. The molecule has 2 aromatic carbocycles. The van der Waals surface area contributed by atoms with Gasteiger partial charge in [0.1, 0.15) is 6.54 Å². The van der Waals surface area contributed by atoms with Crippen LogP contribution in [0.4, 0.5) is 29.3 Å². The summed E-state index contributed by atoms with van der Waals surface area (Å²) in [6.45, 7) is 1.42. The Balaban J connectivity index is 1.52. The first-order valence-corrected chi connectivity index (χ1v) is 12.2. The summed E-state index contributed by atoms with van der Waals surface area (Å²) in [5, 5.41) is 2.74. The van der Waals surface area contributed by atoms with Gasteiger partial charge in [0.25, 0.3) is 21.7 Å². The highest BCUT2D eigenvalue weighted by Gasteiger charge is 2.47. The van der Waals surface area contributed by atoms with Crippen LogP contribution in [0.5, 0.6) is 0 Å². The van der Waals surface area contributed by atoms with E-state index in [1.807, 2.05) is 19.1 Å². The molecule has 37 heavy (non-hydrogen) atoms. The molecule has 13 heteroatoms. The lowest BCUT2D eigenvalue weighted by Crippen LogP contribution is -2.33. The summed E-state index contributed by atoms with van der Waals surface area (Å²) in [7, 11) is -5.58. The number of anilines is 2. The number of sulfone groups is 1. The molecule has 1 fully saturated rings. The summed E-state index contributed by atoms with van der Waals surface area (Å²) in [6.07, 6.45) is 2.76. The fraction of sp³-hybridized carbons (Fsp3) is 0.167. The summed E-state index contributed by atoms with van der Waals surface area (Å²) in [6, 6.07) is 11.1. The number of benzene rings is 2. The second kappa shape index (κ2) is 9.65. The summed E-state index contributed by atoms with van der Waals surface area (Å²) in [5.41, 5.74) is -3.42. The average molecular weight is 533 g/mol. The number of alkyl halides is 3. The lowest BCUT2D eigenvalue weighted by Gasteiger charge is -2.19. The molecule has 0 saturated carbocycles. The summed E-state index contributed by atoms with van der Waals surface area (Å²) >= 11 is 0. The summed E-state index contributed by atoms with van der Waals surface area (Å²) in [4.78, 5) is 43.3. The minimum atomic E-state index is -5.58. The van der Waals surface area contributed by atoms with Crippen molar-refractivity contribution in [1.82, 2.24) is 9.88 Å². The second-order valence-electron chi connectivity index (χ2n) is 8.16. The molecule has 2 heterocycles. The van der Waals surface area contributed by atoms with E-state index in [0.29, 0.717) is 23.4 Å². The number of halogens is 3. The molecule has 0 spiro atoms. The fourth-order valence-corrected chi connectivity index (χ4v) is 4.40. The standard InChI is InChI=1S/C24H19F3N4O5S/c1-15-2-4-17(5-3-15)29-22(33)20-12-28-11-10-16(20)13-30-14-21(32)31(23(30)34)18-6-8-19(9-7-18)37(35,36)24(25,26)27/h2-12H,13-14H2,1H3,(H,29,33). The van der Waals surface area contributed by atoms with Crippen LogP contribution in [-0.2, 0) is 21.2 Å². The Morgan fingerprint density at radius 3 is 2.30 bits per heavy atom. The summed E-state index contributed by atoms with van der Waals surface area (Å²) < 4.78 is 61.5. The molecule has 1 aromatic heterocycles. The number of imide groups is 1. The molecule has 0 radical (unpaired) electrons. The fourth-order valence-electron chi connectivity index (χ4n) is 3.64. The van der Waals surface area contributed by atoms with Crippen LogP contribution < -0.4 is 10.2 Å². The van der Waals surface area contributed by atoms with Gasteiger partial charge < -0.3 is 10.2 Å². The van der Waals surface area contributed by atoms with E-state index >= 15 is 0 Å². The monoisotopic (exact) mass is 532 g/mol. The molecule has 0 aliphatic carbocycles. The van der Waals surface area contributed by atoms with Gasteiger partial charge in [0, 0.05) is 24.6 Å². The van der Waals surface area contributed by atoms with E-state index in [0.717, 1.165) is 27.5 Å². The second-order valence-corrected chi connectivity index (χ2v) is 10.1. The maximum absolute atomic E-state index is 13.0. The molecule has 0 bridgehead atoms. The van der Waals surface area contributed by atoms with Gasteiger partial charge in [-0.15, -0.1) is 0 Å². The smallest absolute Gasteiger partial charge is 0.322 e. The minimum Gasteiger partial charge on any atom is -0.322 e. The molecule has 0 atom stereocenters. The number of rotatable bonds is 6. The third-order valence-corrected chi connectivity index (χ3v) is 7.08. The normalized spacial score (nSPS) is 14.3. The van der Waals surface area contributed by atoms with Crippen LogP contribution in [0, 0.1) is 6.92 Å². The quantitative estimate of drug-likeness (QED) is 0.482. The molecule has 3 aromatic rings. The third kappa shape index (κ3) is 5.16. The zero-order valence-corrected chi connectivity index (χ0v) is 20.0. The molecule has 1 saturated heterocycles. The number of carbonyl (C=O) groups is 3. The van der Waals surface area contributed by atoms with E-state index in [4.69, 9.17) is 0 Å². The number of amides is 4. The van der Waals surface area contributed by atoms with Crippen LogP contribution in [0.2, 0.25) is 0 Å². The molecule has 9 nitrogen and oxygen atoms in total. The van der Waals surface area contributed by atoms with Crippen molar-refractivity contribution in [2.75, 3.05) is 16.8 Å². The molecule has 4 rings (SSSR count). The minimum absolute atomic E-state index is 0.0920. The van der Waals surface area contributed by atoms with Crippen molar-refractivity contribution in [3.8, 4) is 0 Å². The number of aryl methyl sites for hydroxylation is 1. The molecule has 1 aliphatic rings. The molecule has 0 unspecified atom stereocenters. The van der Waals surface area contributed by atoms with Gasteiger partial charge in [0.05, 0.1) is 16.1 Å². The Bertz CT molecular complexity index is 1470. The Morgan fingerprint density at radius 2 is 1.68 bits per heavy atom. The van der Waals surface area contributed by atoms with E-state index in [2.05, 4.69) is 10.3 Å². The zero-order chi connectivity index (χ0) is 27.0. The molecular formula is C24H19F3N4O5S. The zero-order valence-electron chi connectivity index (χ0n) is 19.2.